The summed E-state index contributed by atoms with van der Waals surface area (Å²) >= 11 is 0. The molecule has 0 atom stereocenters. The Balaban J connectivity index is 3.02. The number of alkyl halides is 3. The lowest BCUT2D eigenvalue weighted by Crippen LogP contribution is -2.05. The van der Waals surface area contributed by atoms with Crippen LogP contribution in [0.4, 0.5) is 18.9 Å². The van der Waals surface area contributed by atoms with Gasteiger partial charge < -0.3 is 5.32 Å². The summed E-state index contributed by atoms with van der Waals surface area (Å²) in [5.74, 6) is 0. The van der Waals surface area contributed by atoms with E-state index >= 15 is 0 Å². The second-order valence-electron chi connectivity index (χ2n) is 2.14. The van der Waals surface area contributed by atoms with Gasteiger partial charge >= 0.3 is 6.18 Å². The molecule has 2 nitrogen and oxygen atoms in total. The highest BCUT2D eigenvalue weighted by atomic mass is 19.4. The maximum absolute atomic E-state index is 12.0. The largest absolute Gasteiger partial charge is 0.417 e. The highest BCUT2D eigenvalue weighted by Crippen LogP contribution is 2.29. The van der Waals surface area contributed by atoms with E-state index in [9.17, 15) is 13.2 Å². The molecular formula is C7H6F3N2. The molecule has 0 unspecified atom stereocenters. The third kappa shape index (κ3) is 1.87. The van der Waals surface area contributed by atoms with Crippen LogP contribution in [0.25, 0.3) is 0 Å². The van der Waals surface area contributed by atoms with E-state index in [1.807, 2.05) is 0 Å². The van der Waals surface area contributed by atoms with Gasteiger partial charge in [0.15, 0.2) is 0 Å². The number of anilines is 1. The lowest BCUT2D eigenvalue weighted by atomic mass is 10.2. The van der Waals surface area contributed by atoms with Crippen molar-refractivity contribution in [3.05, 3.63) is 31.1 Å². The quantitative estimate of drug-likeness (QED) is 0.708. The highest BCUT2D eigenvalue weighted by Gasteiger charge is 2.30. The Morgan fingerprint density at radius 3 is 2.50 bits per heavy atom. The van der Waals surface area contributed by atoms with E-state index < -0.39 is 11.7 Å². The lowest BCUT2D eigenvalue weighted by Gasteiger charge is -2.06. The van der Waals surface area contributed by atoms with E-state index in [-0.39, 0.29) is 5.69 Å². The van der Waals surface area contributed by atoms with E-state index in [0.29, 0.717) is 0 Å². The van der Waals surface area contributed by atoms with Crippen molar-refractivity contribution in [3.8, 4) is 0 Å². The van der Waals surface area contributed by atoms with Gasteiger partial charge in [0.1, 0.15) is 0 Å². The molecule has 1 N–H and O–H groups in total. The Labute approximate surface area is 67.4 Å². The number of halogens is 3. The molecule has 65 valence electrons. The van der Waals surface area contributed by atoms with Gasteiger partial charge in [-0.1, -0.05) is 0 Å². The normalized spacial score (nSPS) is 11.3. The summed E-state index contributed by atoms with van der Waals surface area (Å²) < 4.78 is 36.0. The molecule has 0 aliphatic carbocycles. The minimum Gasteiger partial charge on any atom is -0.382 e. The molecular weight excluding hydrogens is 169 g/mol. The SMILES string of the molecule is [CH2]Nc1cncc(C(F)(F)F)c1. The maximum atomic E-state index is 12.0. The predicted molar refractivity (Wildman–Crippen MR) is 38.2 cm³/mol. The number of nitrogens with zero attached hydrogens (tertiary/aromatic N) is 1. The van der Waals surface area contributed by atoms with Crippen LogP contribution >= 0.6 is 0 Å². The molecule has 1 aromatic rings. The number of pyridine rings is 1. The van der Waals surface area contributed by atoms with E-state index in [1.54, 1.807) is 0 Å². The monoisotopic (exact) mass is 175 g/mol. The van der Waals surface area contributed by atoms with Gasteiger partial charge in [-0.3, -0.25) is 4.98 Å². The Morgan fingerprint density at radius 2 is 2.00 bits per heavy atom. The standard InChI is InChI=1S/C7H6F3N2/c1-11-6-2-5(3-12-4-6)7(8,9)10/h2-4,11H,1H2. The average molecular weight is 175 g/mol. The molecule has 12 heavy (non-hydrogen) atoms. The molecule has 0 bridgehead atoms. The summed E-state index contributed by atoms with van der Waals surface area (Å²) in [4.78, 5) is 3.40. The molecule has 0 aromatic carbocycles. The van der Waals surface area contributed by atoms with Crippen molar-refractivity contribution >= 4 is 5.69 Å². The molecule has 0 aliphatic rings. The fraction of sp³-hybridized carbons (Fsp3) is 0.143. The Hall–Kier alpha value is -1.26. The smallest absolute Gasteiger partial charge is 0.382 e. The first-order valence-electron chi connectivity index (χ1n) is 3.09. The van der Waals surface area contributed by atoms with Crippen LogP contribution in [0.1, 0.15) is 5.56 Å². The Kier molecular flexibility index (Phi) is 2.21. The minimum absolute atomic E-state index is 0.241. The first-order valence-corrected chi connectivity index (χ1v) is 3.09. The van der Waals surface area contributed by atoms with Crippen LogP contribution in [-0.4, -0.2) is 4.98 Å². The molecule has 1 aromatic heterocycles. The molecule has 0 aliphatic heterocycles. The Bertz CT molecular complexity index is 270. The molecule has 0 amide bonds. The van der Waals surface area contributed by atoms with Crippen LogP contribution in [0.5, 0.6) is 0 Å². The maximum Gasteiger partial charge on any atom is 0.417 e. The zero-order valence-corrected chi connectivity index (χ0v) is 6.02. The van der Waals surface area contributed by atoms with Crippen molar-refractivity contribution < 1.29 is 13.2 Å². The van der Waals surface area contributed by atoms with Crippen LogP contribution in [0, 0.1) is 7.05 Å². The van der Waals surface area contributed by atoms with Crippen molar-refractivity contribution in [2.75, 3.05) is 5.32 Å². The number of nitrogens with one attached hydrogen (secondary N) is 1. The van der Waals surface area contributed by atoms with Crippen LogP contribution in [0.3, 0.4) is 0 Å². The van der Waals surface area contributed by atoms with Crippen molar-refractivity contribution in [3.63, 3.8) is 0 Å². The summed E-state index contributed by atoms with van der Waals surface area (Å²) in [7, 11) is 3.22. The van der Waals surface area contributed by atoms with E-state index in [2.05, 4.69) is 17.3 Å². The van der Waals surface area contributed by atoms with Gasteiger partial charge in [0.25, 0.3) is 0 Å². The molecule has 0 saturated heterocycles. The first-order chi connectivity index (χ1) is 5.54. The van der Waals surface area contributed by atoms with Crippen LogP contribution in [0.15, 0.2) is 18.5 Å². The third-order valence-corrected chi connectivity index (χ3v) is 1.27. The fourth-order valence-corrected chi connectivity index (χ4v) is 0.692. The summed E-state index contributed by atoms with van der Waals surface area (Å²) in [5.41, 5.74) is -0.541. The first kappa shape index (κ1) is 8.83. The third-order valence-electron chi connectivity index (χ3n) is 1.27. The fourth-order valence-electron chi connectivity index (χ4n) is 0.692. The van der Waals surface area contributed by atoms with Gasteiger partial charge in [-0.25, -0.2) is 0 Å². The number of aromatic nitrogens is 1. The lowest BCUT2D eigenvalue weighted by molar-refractivity contribution is -0.137. The zero-order chi connectivity index (χ0) is 9.19. The number of hydrogen-bond acceptors (Lipinski definition) is 2. The average Bonchev–Trinajstić information content (AvgIpc) is 2.03. The summed E-state index contributed by atoms with van der Waals surface area (Å²) in [6.45, 7) is 0. The van der Waals surface area contributed by atoms with Gasteiger partial charge in [-0.15, -0.1) is 0 Å². The van der Waals surface area contributed by atoms with Crippen molar-refractivity contribution in [2.24, 2.45) is 0 Å². The van der Waals surface area contributed by atoms with Gasteiger partial charge in [0.05, 0.1) is 11.3 Å². The van der Waals surface area contributed by atoms with E-state index in [4.69, 9.17) is 0 Å². The van der Waals surface area contributed by atoms with Crippen LogP contribution < -0.4 is 5.32 Å². The summed E-state index contributed by atoms with van der Waals surface area (Å²) in [6, 6.07) is 0.944. The van der Waals surface area contributed by atoms with Gasteiger partial charge in [0, 0.05) is 19.4 Å². The molecule has 1 heterocycles. The Morgan fingerprint density at radius 1 is 1.33 bits per heavy atom. The molecule has 1 rings (SSSR count). The van der Waals surface area contributed by atoms with Crippen LogP contribution in [0.2, 0.25) is 0 Å². The molecule has 0 saturated carbocycles. The topological polar surface area (TPSA) is 24.9 Å². The predicted octanol–water partition coefficient (Wildman–Crippen LogP) is 2.30. The molecule has 1 radical (unpaired) electrons. The second kappa shape index (κ2) is 3.00. The van der Waals surface area contributed by atoms with E-state index in [1.165, 1.54) is 6.20 Å². The number of rotatable bonds is 1. The highest BCUT2D eigenvalue weighted by molar-refractivity contribution is 5.43. The van der Waals surface area contributed by atoms with Crippen molar-refractivity contribution in [1.29, 1.82) is 0 Å². The van der Waals surface area contributed by atoms with Gasteiger partial charge in [-0.05, 0) is 6.07 Å². The van der Waals surface area contributed by atoms with E-state index in [0.717, 1.165) is 12.3 Å². The molecule has 0 fully saturated rings. The van der Waals surface area contributed by atoms with Crippen molar-refractivity contribution in [2.45, 2.75) is 6.18 Å². The molecule has 5 heteroatoms. The number of hydrogen-bond donors (Lipinski definition) is 1. The zero-order valence-electron chi connectivity index (χ0n) is 6.02. The second-order valence-corrected chi connectivity index (χ2v) is 2.14. The summed E-state index contributed by atoms with van der Waals surface area (Å²) in [6.07, 6.45) is -2.32. The van der Waals surface area contributed by atoms with Gasteiger partial charge in [0.2, 0.25) is 0 Å². The van der Waals surface area contributed by atoms with Crippen LogP contribution in [-0.2, 0) is 6.18 Å². The molecule has 0 spiro atoms. The summed E-state index contributed by atoms with van der Waals surface area (Å²) in [5, 5.41) is 2.33. The van der Waals surface area contributed by atoms with Gasteiger partial charge in [-0.2, -0.15) is 13.2 Å². The minimum atomic E-state index is -4.35. The van der Waals surface area contributed by atoms with Crippen molar-refractivity contribution in [1.82, 2.24) is 4.98 Å².